The summed E-state index contributed by atoms with van der Waals surface area (Å²) in [6.45, 7) is 0.932. The lowest BCUT2D eigenvalue weighted by Crippen LogP contribution is -2.45. The molecule has 0 aliphatic carbocycles. The Balaban J connectivity index is 1.87. The van der Waals surface area contributed by atoms with Crippen molar-refractivity contribution in [2.24, 2.45) is 0 Å². The van der Waals surface area contributed by atoms with E-state index >= 15 is 0 Å². The van der Waals surface area contributed by atoms with E-state index in [-0.39, 0.29) is 24.2 Å². The highest BCUT2D eigenvalue weighted by Crippen LogP contribution is 2.26. The van der Waals surface area contributed by atoms with Crippen LogP contribution in [0.2, 0.25) is 0 Å². The summed E-state index contributed by atoms with van der Waals surface area (Å²) in [5.41, 5.74) is 1.34. The maximum absolute atomic E-state index is 12.6. The summed E-state index contributed by atoms with van der Waals surface area (Å²) in [5, 5.41) is 6.44. The number of carbonyl (C=O) groups is 2. The summed E-state index contributed by atoms with van der Waals surface area (Å²) < 4.78 is 10.9. The van der Waals surface area contributed by atoms with Gasteiger partial charge in [0.25, 0.3) is 5.91 Å². The van der Waals surface area contributed by atoms with E-state index in [9.17, 15) is 9.59 Å². The summed E-state index contributed by atoms with van der Waals surface area (Å²) in [7, 11) is 1.57. The van der Waals surface area contributed by atoms with Gasteiger partial charge in [-0.25, -0.2) is 0 Å². The van der Waals surface area contributed by atoms with Crippen LogP contribution in [0.3, 0.4) is 0 Å². The molecule has 2 heterocycles. The first-order valence-corrected chi connectivity index (χ1v) is 7.78. The highest BCUT2D eigenvalue weighted by atomic mass is 16.5. The van der Waals surface area contributed by atoms with Crippen LogP contribution in [0.5, 0.6) is 0 Å². The van der Waals surface area contributed by atoms with Gasteiger partial charge in [0, 0.05) is 24.6 Å². The average molecular weight is 316 g/mol. The van der Waals surface area contributed by atoms with E-state index in [1.165, 1.54) is 0 Å². The minimum absolute atomic E-state index is 0.139. The topological polar surface area (TPSA) is 80.6 Å². The van der Waals surface area contributed by atoms with Gasteiger partial charge in [0.2, 0.25) is 5.91 Å². The molecule has 1 unspecified atom stereocenters. The number of hydrogen-bond acceptors (Lipinski definition) is 4. The van der Waals surface area contributed by atoms with Crippen LogP contribution < -0.4 is 10.6 Å². The zero-order valence-corrected chi connectivity index (χ0v) is 13.1. The number of carbonyl (C=O) groups excluding carboxylic acids is 2. The molecule has 1 aromatic carbocycles. The van der Waals surface area contributed by atoms with Gasteiger partial charge in [-0.1, -0.05) is 18.2 Å². The van der Waals surface area contributed by atoms with Crippen molar-refractivity contribution in [3.8, 4) is 0 Å². The quantitative estimate of drug-likeness (QED) is 0.904. The van der Waals surface area contributed by atoms with Gasteiger partial charge in [-0.3, -0.25) is 9.59 Å². The Hall–Kier alpha value is -2.34. The average Bonchev–Trinajstić information content (AvgIpc) is 2.80. The van der Waals surface area contributed by atoms with E-state index in [4.69, 9.17) is 9.15 Å². The first kappa shape index (κ1) is 15.6. The van der Waals surface area contributed by atoms with Crippen LogP contribution >= 0.6 is 0 Å². The van der Waals surface area contributed by atoms with Gasteiger partial charge in [0.15, 0.2) is 5.76 Å². The molecule has 6 nitrogen and oxygen atoms in total. The first-order chi connectivity index (χ1) is 11.2. The normalized spacial score (nSPS) is 18.5. The summed E-state index contributed by atoms with van der Waals surface area (Å²) in [6, 6.07) is 6.92. The zero-order chi connectivity index (χ0) is 16.2. The maximum Gasteiger partial charge on any atom is 0.288 e. The molecule has 2 amide bonds. The van der Waals surface area contributed by atoms with Gasteiger partial charge < -0.3 is 19.8 Å². The van der Waals surface area contributed by atoms with E-state index < -0.39 is 6.04 Å². The van der Waals surface area contributed by atoms with Crippen molar-refractivity contribution in [3.63, 3.8) is 0 Å². The lowest BCUT2D eigenvalue weighted by molar-refractivity contribution is -0.122. The lowest BCUT2D eigenvalue weighted by Gasteiger charge is -2.14. The smallest absolute Gasteiger partial charge is 0.288 e. The van der Waals surface area contributed by atoms with Crippen molar-refractivity contribution >= 4 is 22.8 Å². The second kappa shape index (κ2) is 6.83. The van der Waals surface area contributed by atoms with Gasteiger partial charge in [0.1, 0.15) is 11.6 Å². The summed E-state index contributed by atoms with van der Waals surface area (Å²) in [4.78, 5) is 24.6. The van der Waals surface area contributed by atoms with Crippen LogP contribution in [0.15, 0.2) is 28.7 Å². The summed E-state index contributed by atoms with van der Waals surface area (Å²) >= 11 is 0. The second-order valence-corrected chi connectivity index (χ2v) is 5.65. The van der Waals surface area contributed by atoms with Gasteiger partial charge in [-0.05, 0) is 25.3 Å². The first-order valence-electron chi connectivity index (χ1n) is 7.78. The van der Waals surface area contributed by atoms with Crippen LogP contribution in [-0.2, 0) is 16.1 Å². The van der Waals surface area contributed by atoms with Crippen molar-refractivity contribution in [1.82, 2.24) is 10.6 Å². The standard InChI is InChI=1S/C17H20N2O4/c1-22-10-12-11-6-2-3-8-14(11)23-15(12)17(21)19-13-7-4-5-9-18-16(13)20/h2-3,6,8,13H,4-5,7,9-10H2,1H3,(H,18,20)(H,19,21). The van der Waals surface area contributed by atoms with Crippen molar-refractivity contribution < 1.29 is 18.7 Å². The Morgan fingerprint density at radius 1 is 1.39 bits per heavy atom. The van der Waals surface area contributed by atoms with Gasteiger partial charge >= 0.3 is 0 Å². The van der Waals surface area contributed by atoms with Gasteiger partial charge in [-0.15, -0.1) is 0 Å². The highest BCUT2D eigenvalue weighted by molar-refractivity contribution is 6.01. The number of furan rings is 1. The number of fused-ring (bicyclic) bond motifs is 1. The molecule has 0 radical (unpaired) electrons. The third-order valence-electron chi connectivity index (χ3n) is 4.03. The van der Waals surface area contributed by atoms with Crippen molar-refractivity contribution in [3.05, 3.63) is 35.6 Å². The monoisotopic (exact) mass is 316 g/mol. The Morgan fingerprint density at radius 3 is 3.04 bits per heavy atom. The molecule has 122 valence electrons. The maximum atomic E-state index is 12.6. The minimum Gasteiger partial charge on any atom is -0.451 e. The Morgan fingerprint density at radius 2 is 2.22 bits per heavy atom. The minimum atomic E-state index is -0.520. The predicted molar refractivity (Wildman–Crippen MR) is 85.0 cm³/mol. The fraction of sp³-hybridized carbons (Fsp3) is 0.412. The highest BCUT2D eigenvalue weighted by Gasteiger charge is 2.26. The fourth-order valence-corrected chi connectivity index (χ4v) is 2.87. The molecule has 0 bridgehead atoms. The van der Waals surface area contributed by atoms with Crippen LogP contribution in [0, 0.1) is 0 Å². The molecular weight excluding hydrogens is 296 g/mol. The summed E-state index contributed by atoms with van der Waals surface area (Å²) in [5.74, 6) is -0.305. The van der Waals surface area contributed by atoms with Crippen LogP contribution in [-0.4, -0.2) is 31.5 Å². The number of benzene rings is 1. The number of ether oxygens (including phenoxy) is 1. The molecule has 23 heavy (non-hydrogen) atoms. The SMILES string of the molecule is COCc1c(C(=O)NC2CCCCNC2=O)oc2ccccc12. The molecule has 1 saturated heterocycles. The number of hydrogen-bond donors (Lipinski definition) is 2. The lowest BCUT2D eigenvalue weighted by atomic mass is 10.1. The fourth-order valence-electron chi connectivity index (χ4n) is 2.87. The van der Waals surface area contributed by atoms with E-state index in [1.54, 1.807) is 7.11 Å². The largest absolute Gasteiger partial charge is 0.451 e. The van der Waals surface area contributed by atoms with Crippen molar-refractivity contribution in [2.75, 3.05) is 13.7 Å². The molecule has 1 aliphatic heterocycles. The molecule has 3 rings (SSSR count). The van der Waals surface area contributed by atoms with E-state index in [0.29, 0.717) is 24.1 Å². The van der Waals surface area contributed by atoms with Crippen LogP contribution in [0.1, 0.15) is 35.4 Å². The predicted octanol–water partition coefficient (Wildman–Crippen LogP) is 1.98. The Kier molecular flexibility index (Phi) is 4.62. The van der Waals surface area contributed by atoms with Crippen LogP contribution in [0.25, 0.3) is 11.0 Å². The number of amides is 2. The van der Waals surface area contributed by atoms with E-state index in [1.807, 2.05) is 24.3 Å². The Labute approximate surface area is 134 Å². The molecule has 1 atom stereocenters. The van der Waals surface area contributed by atoms with E-state index in [0.717, 1.165) is 18.2 Å². The second-order valence-electron chi connectivity index (χ2n) is 5.65. The summed E-state index contributed by atoms with van der Waals surface area (Å²) in [6.07, 6.45) is 2.46. The van der Waals surface area contributed by atoms with Gasteiger partial charge in [0.05, 0.1) is 6.61 Å². The molecule has 2 aromatic rings. The molecule has 0 spiro atoms. The molecule has 1 aromatic heterocycles. The molecule has 0 saturated carbocycles. The van der Waals surface area contributed by atoms with Crippen LogP contribution in [0.4, 0.5) is 0 Å². The third-order valence-corrected chi connectivity index (χ3v) is 4.03. The van der Waals surface area contributed by atoms with Crippen molar-refractivity contribution in [2.45, 2.75) is 31.9 Å². The number of para-hydroxylation sites is 1. The molecular formula is C17H20N2O4. The molecule has 1 aliphatic rings. The van der Waals surface area contributed by atoms with Gasteiger partial charge in [-0.2, -0.15) is 0 Å². The molecule has 6 heteroatoms. The zero-order valence-electron chi connectivity index (χ0n) is 13.1. The van der Waals surface area contributed by atoms with Crippen molar-refractivity contribution in [1.29, 1.82) is 0 Å². The number of methoxy groups -OCH3 is 1. The molecule has 1 fully saturated rings. The molecule has 2 N–H and O–H groups in total. The third kappa shape index (κ3) is 3.22. The Bertz CT molecular complexity index is 722. The number of nitrogens with one attached hydrogen (secondary N) is 2. The van der Waals surface area contributed by atoms with E-state index in [2.05, 4.69) is 10.6 Å². The number of rotatable bonds is 4.